The van der Waals surface area contributed by atoms with Crippen LogP contribution in [0.2, 0.25) is 0 Å². The summed E-state index contributed by atoms with van der Waals surface area (Å²) in [5.41, 5.74) is 7.28. The van der Waals surface area contributed by atoms with E-state index in [1.165, 1.54) is 6.42 Å². The van der Waals surface area contributed by atoms with E-state index in [1.807, 2.05) is 24.3 Å². The van der Waals surface area contributed by atoms with E-state index < -0.39 is 0 Å². The van der Waals surface area contributed by atoms with Gasteiger partial charge in [0.1, 0.15) is 11.9 Å². The minimum absolute atomic E-state index is 0.00894. The van der Waals surface area contributed by atoms with Crippen LogP contribution in [0.1, 0.15) is 51.7 Å². The van der Waals surface area contributed by atoms with Crippen LogP contribution in [0.15, 0.2) is 24.3 Å². The smallest absolute Gasteiger partial charge is 0.124 e. The predicted molar refractivity (Wildman–Crippen MR) is 84.0 cm³/mol. The molecule has 0 saturated heterocycles. The molecule has 0 heterocycles. The van der Waals surface area contributed by atoms with Gasteiger partial charge in [-0.2, -0.15) is 0 Å². The number of para-hydroxylation sites is 1. The fourth-order valence-corrected chi connectivity index (χ4v) is 2.26. The Bertz CT molecular complexity index is 379. The standard InChI is InChI=1S/C17H29NO2/c1-5-15(18)17(20-12-8-9-13(2)3)14-10-6-7-11-16(14)19-4/h6-7,10-11,13,15,17H,5,8-9,12,18H2,1-4H3. The molecule has 2 N–H and O–H groups in total. The topological polar surface area (TPSA) is 44.5 Å². The van der Waals surface area contributed by atoms with Crippen LogP contribution in [0.3, 0.4) is 0 Å². The fraction of sp³-hybridized carbons (Fsp3) is 0.647. The van der Waals surface area contributed by atoms with Crippen LogP contribution >= 0.6 is 0 Å². The normalized spacial score (nSPS) is 14.3. The number of ether oxygens (including phenoxy) is 2. The van der Waals surface area contributed by atoms with Crippen LogP contribution in [0.5, 0.6) is 5.75 Å². The summed E-state index contributed by atoms with van der Waals surface area (Å²) in [6.45, 7) is 7.30. The monoisotopic (exact) mass is 279 g/mol. The molecule has 2 unspecified atom stereocenters. The SMILES string of the molecule is CCC(N)C(OCCCC(C)C)c1ccccc1OC. The van der Waals surface area contributed by atoms with E-state index in [2.05, 4.69) is 20.8 Å². The zero-order chi connectivity index (χ0) is 15.0. The maximum Gasteiger partial charge on any atom is 0.124 e. The zero-order valence-electron chi connectivity index (χ0n) is 13.3. The quantitative estimate of drug-likeness (QED) is 0.697. The molecule has 0 radical (unpaired) electrons. The molecule has 3 nitrogen and oxygen atoms in total. The molecule has 1 aromatic carbocycles. The van der Waals surface area contributed by atoms with E-state index in [1.54, 1.807) is 7.11 Å². The molecule has 0 aliphatic heterocycles. The Hall–Kier alpha value is -1.06. The molecule has 1 rings (SSSR count). The van der Waals surface area contributed by atoms with Crippen LogP contribution in [0, 0.1) is 5.92 Å². The summed E-state index contributed by atoms with van der Waals surface area (Å²) in [5, 5.41) is 0. The van der Waals surface area contributed by atoms with Gasteiger partial charge in [-0.25, -0.2) is 0 Å². The van der Waals surface area contributed by atoms with Gasteiger partial charge in [0.05, 0.1) is 7.11 Å². The second-order valence-corrected chi connectivity index (χ2v) is 5.64. The Labute approximate surface area is 123 Å². The Morgan fingerprint density at radius 3 is 2.50 bits per heavy atom. The van der Waals surface area contributed by atoms with Crippen molar-refractivity contribution in [3.63, 3.8) is 0 Å². The molecule has 0 fully saturated rings. The number of hydrogen-bond donors (Lipinski definition) is 1. The van der Waals surface area contributed by atoms with Crippen molar-refractivity contribution in [2.75, 3.05) is 13.7 Å². The van der Waals surface area contributed by atoms with Crippen LogP contribution in [0.4, 0.5) is 0 Å². The Kier molecular flexibility index (Phi) is 7.63. The molecule has 1 aromatic rings. The molecule has 0 aromatic heterocycles. The highest BCUT2D eigenvalue weighted by Gasteiger charge is 2.22. The summed E-state index contributed by atoms with van der Waals surface area (Å²) in [7, 11) is 1.69. The average molecular weight is 279 g/mol. The van der Waals surface area contributed by atoms with E-state index >= 15 is 0 Å². The molecule has 0 aliphatic rings. The summed E-state index contributed by atoms with van der Waals surface area (Å²) >= 11 is 0. The van der Waals surface area contributed by atoms with E-state index in [4.69, 9.17) is 15.2 Å². The first-order chi connectivity index (χ1) is 9.60. The van der Waals surface area contributed by atoms with E-state index in [0.717, 1.165) is 30.8 Å². The van der Waals surface area contributed by atoms with Gasteiger partial charge in [0.2, 0.25) is 0 Å². The van der Waals surface area contributed by atoms with Crippen LogP contribution in [0.25, 0.3) is 0 Å². The molecule has 2 atom stereocenters. The van der Waals surface area contributed by atoms with E-state index in [9.17, 15) is 0 Å². The highest BCUT2D eigenvalue weighted by atomic mass is 16.5. The summed E-state index contributed by atoms with van der Waals surface area (Å²) < 4.78 is 11.5. The van der Waals surface area contributed by atoms with Gasteiger partial charge >= 0.3 is 0 Å². The number of rotatable bonds is 9. The molecular formula is C17H29NO2. The van der Waals surface area contributed by atoms with Gasteiger partial charge in [-0.15, -0.1) is 0 Å². The highest BCUT2D eigenvalue weighted by Crippen LogP contribution is 2.30. The van der Waals surface area contributed by atoms with Gasteiger partial charge in [-0.3, -0.25) is 0 Å². The van der Waals surface area contributed by atoms with Gasteiger partial charge in [-0.1, -0.05) is 39.0 Å². The summed E-state index contributed by atoms with van der Waals surface area (Å²) in [4.78, 5) is 0. The van der Waals surface area contributed by atoms with Gasteiger partial charge < -0.3 is 15.2 Å². The van der Waals surface area contributed by atoms with Crippen molar-refractivity contribution in [2.24, 2.45) is 11.7 Å². The first-order valence-electron chi connectivity index (χ1n) is 7.60. The second-order valence-electron chi connectivity index (χ2n) is 5.64. The van der Waals surface area contributed by atoms with E-state index in [-0.39, 0.29) is 12.1 Å². The second kappa shape index (κ2) is 8.98. The summed E-state index contributed by atoms with van der Waals surface area (Å²) in [5.74, 6) is 1.56. The molecule has 20 heavy (non-hydrogen) atoms. The Balaban J connectivity index is 2.73. The first-order valence-corrected chi connectivity index (χ1v) is 7.60. The molecule has 0 saturated carbocycles. The lowest BCUT2D eigenvalue weighted by Crippen LogP contribution is -2.30. The number of nitrogens with two attached hydrogens (primary N) is 1. The van der Waals surface area contributed by atoms with Gasteiger partial charge in [0.25, 0.3) is 0 Å². The molecular weight excluding hydrogens is 250 g/mol. The molecule has 0 spiro atoms. The maximum atomic E-state index is 6.23. The van der Waals surface area contributed by atoms with Crippen molar-refractivity contribution in [1.29, 1.82) is 0 Å². The number of hydrogen-bond acceptors (Lipinski definition) is 3. The van der Waals surface area contributed by atoms with Gasteiger partial charge in [0, 0.05) is 18.2 Å². The minimum atomic E-state index is -0.0942. The average Bonchev–Trinajstić information content (AvgIpc) is 2.46. The Morgan fingerprint density at radius 2 is 1.90 bits per heavy atom. The number of benzene rings is 1. The fourth-order valence-electron chi connectivity index (χ4n) is 2.26. The minimum Gasteiger partial charge on any atom is -0.496 e. The molecule has 0 aliphatic carbocycles. The van der Waals surface area contributed by atoms with Crippen molar-refractivity contribution in [2.45, 2.75) is 52.2 Å². The third-order valence-electron chi connectivity index (χ3n) is 3.53. The lowest BCUT2D eigenvalue weighted by molar-refractivity contribution is 0.0286. The van der Waals surface area contributed by atoms with Gasteiger partial charge in [-0.05, 0) is 31.2 Å². The third-order valence-corrected chi connectivity index (χ3v) is 3.53. The largest absolute Gasteiger partial charge is 0.496 e. The van der Waals surface area contributed by atoms with Crippen molar-refractivity contribution in [1.82, 2.24) is 0 Å². The van der Waals surface area contributed by atoms with Crippen molar-refractivity contribution in [3.05, 3.63) is 29.8 Å². The van der Waals surface area contributed by atoms with Crippen LogP contribution in [-0.2, 0) is 4.74 Å². The van der Waals surface area contributed by atoms with Gasteiger partial charge in [0.15, 0.2) is 0 Å². The lowest BCUT2D eigenvalue weighted by Gasteiger charge is -2.25. The predicted octanol–water partition coefficient (Wildman–Crippen LogP) is 3.93. The first kappa shape index (κ1) is 17.0. The molecule has 114 valence electrons. The van der Waals surface area contributed by atoms with Crippen LogP contribution < -0.4 is 10.5 Å². The van der Waals surface area contributed by atoms with Crippen molar-refractivity contribution >= 4 is 0 Å². The van der Waals surface area contributed by atoms with Crippen LogP contribution in [-0.4, -0.2) is 19.8 Å². The van der Waals surface area contributed by atoms with Crippen molar-refractivity contribution < 1.29 is 9.47 Å². The summed E-state index contributed by atoms with van der Waals surface area (Å²) in [6.07, 6.45) is 3.04. The molecule has 3 heteroatoms. The maximum absolute atomic E-state index is 6.23. The summed E-state index contributed by atoms with van der Waals surface area (Å²) in [6, 6.07) is 7.97. The zero-order valence-corrected chi connectivity index (χ0v) is 13.3. The molecule has 0 bridgehead atoms. The third kappa shape index (κ3) is 5.14. The van der Waals surface area contributed by atoms with Crippen molar-refractivity contribution in [3.8, 4) is 5.75 Å². The number of methoxy groups -OCH3 is 1. The molecule has 0 amide bonds. The highest BCUT2D eigenvalue weighted by molar-refractivity contribution is 5.35. The van der Waals surface area contributed by atoms with E-state index in [0.29, 0.717) is 5.92 Å². The Morgan fingerprint density at radius 1 is 1.20 bits per heavy atom. The lowest BCUT2D eigenvalue weighted by atomic mass is 9.99.